The Morgan fingerprint density at radius 1 is 1.26 bits per heavy atom. The van der Waals surface area contributed by atoms with Crippen LogP contribution in [-0.2, 0) is 6.54 Å². The Hall–Kier alpha value is -2.67. The Morgan fingerprint density at radius 3 is 2.91 bits per heavy atom. The Balaban J connectivity index is 1.96. The number of hydrogen-bond acceptors (Lipinski definition) is 4. The number of halogens is 1. The molecule has 2 aromatic rings. The summed E-state index contributed by atoms with van der Waals surface area (Å²) in [6.45, 7) is 0.625. The summed E-state index contributed by atoms with van der Waals surface area (Å²) in [5, 5.41) is 13.9. The SMILES string of the molecule is O=C(NCCCO)NCc1cccnc1Oc1cccc(F)c1. The van der Waals surface area contributed by atoms with E-state index in [-0.39, 0.29) is 19.2 Å². The van der Waals surface area contributed by atoms with Crippen LogP contribution in [0.1, 0.15) is 12.0 Å². The monoisotopic (exact) mass is 319 g/mol. The van der Waals surface area contributed by atoms with Gasteiger partial charge < -0.3 is 20.5 Å². The number of urea groups is 1. The number of aliphatic hydroxyl groups is 1. The summed E-state index contributed by atoms with van der Waals surface area (Å²) in [6, 6.07) is 8.88. The molecule has 0 unspecified atom stereocenters. The van der Waals surface area contributed by atoms with Crippen LogP contribution in [0.4, 0.5) is 9.18 Å². The molecule has 0 saturated heterocycles. The molecule has 0 aliphatic heterocycles. The van der Waals surface area contributed by atoms with Crippen molar-refractivity contribution < 1.29 is 19.0 Å². The minimum Gasteiger partial charge on any atom is -0.439 e. The smallest absolute Gasteiger partial charge is 0.315 e. The van der Waals surface area contributed by atoms with Crippen LogP contribution < -0.4 is 15.4 Å². The standard InChI is InChI=1S/C16H18FN3O3/c17-13-5-1-6-14(10-13)23-15-12(4-2-7-18-15)11-20-16(22)19-8-3-9-21/h1-2,4-7,10,21H,3,8-9,11H2,(H2,19,20,22). The average molecular weight is 319 g/mol. The molecule has 1 aromatic heterocycles. The van der Waals surface area contributed by atoms with Gasteiger partial charge in [0.2, 0.25) is 5.88 Å². The molecule has 0 fully saturated rings. The van der Waals surface area contributed by atoms with E-state index in [4.69, 9.17) is 9.84 Å². The second kappa shape index (κ2) is 8.70. The third kappa shape index (κ3) is 5.55. The second-order valence-electron chi connectivity index (χ2n) is 4.71. The maximum Gasteiger partial charge on any atom is 0.315 e. The van der Waals surface area contributed by atoms with Crippen LogP contribution in [0.5, 0.6) is 11.6 Å². The molecule has 122 valence electrons. The molecule has 6 nitrogen and oxygen atoms in total. The van der Waals surface area contributed by atoms with E-state index in [1.807, 2.05) is 0 Å². The zero-order chi connectivity index (χ0) is 16.5. The number of aromatic nitrogens is 1. The lowest BCUT2D eigenvalue weighted by atomic mass is 10.2. The quantitative estimate of drug-likeness (QED) is 0.683. The van der Waals surface area contributed by atoms with Crippen LogP contribution in [0.25, 0.3) is 0 Å². The van der Waals surface area contributed by atoms with Crippen molar-refractivity contribution in [1.82, 2.24) is 15.6 Å². The molecule has 2 rings (SSSR count). The van der Waals surface area contributed by atoms with Crippen molar-refractivity contribution in [3.05, 3.63) is 54.0 Å². The maximum atomic E-state index is 13.2. The molecule has 0 aliphatic rings. The number of nitrogens with zero attached hydrogens (tertiary/aromatic N) is 1. The van der Waals surface area contributed by atoms with Crippen LogP contribution in [0.15, 0.2) is 42.6 Å². The van der Waals surface area contributed by atoms with Gasteiger partial charge in [-0.3, -0.25) is 0 Å². The Kier molecular flexibility index (Phi) is 6.31. The first-order chi connectivity index (χ1) is 11.2. The summed E-state index contributed by atoms with van der Waals surface area (Å²) in [7, 11) is 0. The van der Waals surface area contributed by atoms with Crippen LogP contribution in [-0.4, -0.2) is 29.3 Å². The Bertz CT molecular complexity index is 652. The first-order valence-corrected chi connectivity index (χ1v) is 7.19. The van der Waals surface area contributed by atoms with Gasteiger partial charge in [0.25, 0.3) is 0 Å². The van der Waals surface area contributed by atoms with E-state index < -0.39 is 5.82 Å². The zero-order valence-corrected chi connectivity index (χ0v) is 12.5. The molecule has 2 amide bonds. The summed E-state index contributed by atoms with van der Waals surface area (Å²) in [6.07, 6.45) is 2.05. The van der Waals surface area contributed by atoms with E-state index in [0.717, 1.165) is 0 Å². The van der Waals surface area contributed by atoms with Gasteiger partial charge in [-0.05, 0) is 24.6 Å². The molecule has 0 radical (unpaired) electrons. The van der Waals surface area contributed by atoms with E-state index in [9.17, 15) is 9.18 Å². The highest BCUT2D eigenvalue weighted by atomic mass is 19.1. The number of ether oxygens (including phenoxy) is 1. The molecular weight excluding hydrogens is 301 g/mol. The molecule has 0 spiro atoms. The highest BCUT2D eigenvalue weighted by Gasteiger charge is 2.08. The summed E-state index contributed by atoms with van der Waals surface area (Å²) in [5.41, 5.74) is 0.661. The summed E-state index contributed by atoms with van der Waals surface area (Å²) >= 11 is 0. The molecule has 0 saturated carbocycles. The van der Waals surface area contributed by atoms with Crippen molar-refractivity contribution >= 4 is 6.03 Å². The molecule has 7 heteroatoms. The van der Waals surface area contributed by atoms with Crippen molar-refractivity contribution in [2.24, 2.45) is 0 Å². The predicted molar refractivity (Wildman–Crippen MR) is 82.7 cm³/mol. The largest absolute Gasteiger partial charge is 0.439 e. The second-order valence-corrected chi connectivity index (χ2v) is 4.71. The van der Waals surface area contributed by atoms with Gasteiger partial charge >= 0.3 is 6.03 Å². The normalized spacial score (nSPS) is 10.2. The molecule has 0 atom stereocenters. The molecule has 0 bridgehead atoms. The summed E-state index contributed by atoms with van der Waals surface area (Å²) in [5.74, 6) is 0.229. The first kappa shape index (κ1) is 16.7. The number of rotatable bonds is 7. The number of aliphatic hydroxyl groups excluding tert-OH is 1. The molecule has 23 heavy (non-hydrogen) atoms. The third-order valence-corrected chi connectivity index (χ3v) is 2.92. The number of hydrogen-bond donors (Lipinski definition) is 3. The fourth-order valence-corrected chi connectivity index (χ4v) is 1.81. The number of carbonyl (C=O) groups is 1. The van der Waals surface area contributed by atoms with Crippen molar-refractivity contribution in [3.8, 4) is 11.6 Å². The van der Waals surface area contributed by atoms with Gasteiger partial charge in [0.15, 0.2) is 0 Å². The highest BCUT2D eigenvalue weighted by Crippen LogP contribution is 2.23. The fraction of sp³-hybridized carbons (Fsp3) is 0.250. The summed E-state index contributed by atoms with van der Waals surface area (Å²) < 4.78 is 18.8. The van der Waals surface area contributed by atoms with E-state index in [0.29, 0.717) is 30.2 Å². The van der Waals surface area contributed by atoms with Crippen molar-refractivity contribution in [1.29, 1.82) is 0 Å². The first-order valence-electron chi connectivity index (χ1n) is 7.19. The van der Waals surface area contributed by atoms with Crippen molar-refractivity contribution in [3.63, 3.8) is 0 Å². The number of carbonyl (C=O) groups excluding carboxylic acids is 1. The van der Waals surface area contributed by atoms with Crippen LogP contribution in [0.2, 0.25) is 0 Å². The van der Waals surface area contributed by atoms with Crippen LogP contribution in [0, 0.1) is 5.82 Å². The van der Waals surface area contributed by atoms with E-state index >= 15 is 0 Å². The van der Waals surface area contributed by atoms with Gasteiger partial charge in [-0.2, -0.15) is 0 Å². The molecular formula is C16H18FN3O3. The highest BCUT2D eigenvalue weighted by molar-refractivity contribution is 5.73. The maximum absolute atomic E-state index is 13.2. The third-order valence-electron chi connectivity index (χ3n) is 2.92. The van der Waals surface area contributed by atoms with Gasteiger partial charge in [0, 0.05) is 37.5 Å². The topological polar surface area (TPSA) is 83.5 Å². The molecule has 3 N–H and O–H groups in total. The minimum atomic E-state index is -0.402. The lowest BCUT2D eigenvalue weighted by Crippen LogP contribution is -2.35. The number of pyridine rings is 1. The number of nitrogens with one attached hydrogen (secondary N) is 2. The Morgan fingerprint density at radius 2 is 2.13 bits per heavy atom. The van der Waals surface area contributed by atoms with Crippen molar-refractivity contribution in [2.75, 3.05) is 13.2 Å². The van der Waals surface area contributed by atoms with E-state index in [2.05, 4.69) is 15.6 Å². The molecule has 0 aliphatic carbocycles. The lowest BCUT2D eigenvalue weighted by molar-refractivity contribution is 0.237. The summed E-state index contributed by atoms with van der Waals surface area (Å²) in [4.78, 5) is 15.7. The number of benzene rings is 1. The van der Waals surface area contributed by atoms with Gasteiger partial charge in [-0.25, -0.2) is 14.2 Å². The lowest BCUT2D eigenvalue weighted by Gasteiger charge is -2.11. The zero-order valence-electron chi connectivity index (χ0n) is 12.5. The van der Waals surface area contributed by atoms with Crippen LogP contribution in [0.3, 0.4) is 0 Å². The fourth-order valence-electron chi connectivity index (χ4n) is 1.81. The van der Waals surface area contributed by atoms with Crippen LogP contribution >= 0.6 is 0 Å². The van der Waals surface area contributed by atoms with Gasteiger partial charge in [0.05, 0.1) is 0 Å². The molecule has 1 heterocycles. The van der Waals surface area contributed by atoms with Gasteiger partial charge in [0.1, 0.15) is 11.6 Å². The molecule has 1 aromatic carbocycles. The van der Waals surface area contributed by atoms with Gasteiger partial charge in [-0.15, -0.1) is 0 Å². The van der Waals surface area contributed by atoms with E-state index in [1.54, 1.807) is 30.5 Å². The van der Waals surface area contributed by atoms with Crippen molar-refractivity contribution in [2.45, 2.75) is 13.0 Å². The van der Waals surface area contributed by atoms with E-state index in [1.165, 1.54) is 12.1 Å². The average Bonchev–Trinajstić information content (AvgIpc) is 2.54. The van der Waals surface area contributed by atoms with Gasteiger partial charge in [-0.1, -0.05) is 12.1 Å². The predicted octanol–water partition coefficient (Wildman–Crippen LogP) is 2.19. The number of amides is 2. The Labute approximate surface area is 133 Å². The minimum absolute atomic E-state index is 0.0223.